The van der Waals surface area contributed by atoms with Crippen LogP contribution >= 0.6 is 0 Å². The summed E-state index contributed by atoms with van der Waals surface area (Å²) >= 11 is 0. The number of aromatic nitrogens is 1. The molecule has 2 rings (SSSR count). The van der Waals surface area contributed by atoms with Crippen molar-refractivity contribution < 1.29 is 4.74 Å². The van der Waals surface area contributed by atoms with Crippen LogP contribution in [0.4, 0.5) is 0 Å². The predicted octanol–water partition coefficient (Wildman–Crippen LogP) is 0.864. The van der Waals surface area contributed by atoms with Crippen molar-refractivity contribution in [3.63, 3.8) is 0 Å². The van der Waals surface area contributed by atoms with Crippen molar-refractivity contribution in [2.45, 2.75) is 12.5 Å². The first-order valence-electron chi connectivity index (χ1n) is 3.70. The molecule has 58 valence electrons. The van der Waals surface area contributed by atoms with Crippen molar-refractivity contribution >= 4 is 0 Å². The maximum atomic E-state index is 5.84. The number of pyridine rings is 1. The van der Waals surface area contributed by atoms with E-state index in [1.807, 2.05) is 6.07 Å². The van der Waals surface area contributed by atoms with Gasteiger partial charge in [0.2, 0.25) is 0 Å². The van der Waals surface area contributed by atoms with Crippen LogP contribution in [0, 0.1) is 0 Å². The molecule has 0 bridgehead atoms. The third-order valence-corrected chi connectivity index (χ3v) is 1.90. The molecule has 2 N–H and O–H groups in total. The van der Waals surface area contributed by atoms with Gasteiger partial charge in [-0.1, -0.05) is 0 Å². The third-order valence-electron chi connectivity index (χ3n) is 1.90. The summed E-state index contributed by atoms with van der Waals surface area (Å²) in [7, 11) is 0. The van der Waals surface area contributed by atoms with Gasteiger partial charge in [-0.05, 0) is 6.07 Å². The largest absolute Gasteiger partial charge is 0.492 e. The van der Waals surface area contributed by atoms with Crippen LogP contribution < -0.4 is 10.5 Å². The van der Waals surface area contributed by atoms with Gasteiger partial charge in [0.1, 0.15) is 5.75 Å². The van der Waals surface area contributed by atoms with Gasteiger partial charge in [0.25, 0.3) is 0 Å². The van der Waals surface area contributed by atoms with Gasteiger partial charge in [-0.15, -0.1) is 0 Å². The number of nitrogens with two attached hydrogens (primary N) is 1. The summed E-state index contributed by atoms with van der Waals surface area (Å²) in [6, 6.07) is 2.04. The highest BCUT2D eigenvalue weighted by Gasteiger charge is 2.16. The Labute approximate surface area is 65.2 Å². The van der Waals surface area contributed by atoms with Crippen LogP contribution in [0.2, 0.25) is 0 Å². The highest BCUT2D eigenvalue weighted by molar-refractivity contribution is 5.33. The first kappa shape index (κ1) is 6.61. The minimum absolute atomic E-state index is 0.127. The number of fused-ring (bicyclic) bond motifs is 1. The van der Waals surface area contributed by atoms with E-state index in [1.165, 1.54) is 0 Å². The lowest BCUT2D eigenvalue weighted by molar-refractivity contribution is 0.268. The van der Waals surface area contributed by atoms with Crippen LogP contribution in [0.1, 0.15) is 18.0 Å². The molecule has 1 atom stereocenters. The van der Waals surface area contributed by atoms with Crippen LogP contribution in [0.5, 0.6) is 5.75 Å². The second-order valence-electron chi connectivity index (χ2n) is 2.66. The third kappa shape index (κ3) is 1.07. The van der Waals surface area contributed by atoms with Crippen LogP contribution in [0.25, 0.3) is 0 Å². The van der Waals surface area contributed by atoms with Crippen LogP contribution in [-0.2, 0) is 0 Å². The summed E-state index contributed by atoms with van der Waals surface area (Å²) in [4.78, 5) is 3.95. The molecule has 0 radical (unpaired) electrons. The van der Waals surface area contributed by atoms with E-state index in [0.29, 0.717) is 6.61 Å². The lowest BCUT2D eigenvalue weighted by Gasteiger charge is -2.21. The van der Waals surface area contributed by atoms with E-state index in [4.69, 9.17) is 10.5 Å². The van der Waals surface area contributed by atoms with E-state index in [0.717, 1.165) is 17.7 Å². The number of hydrogen-bond donors (Lipinski definition) is 1. The lowest BCUT2D eigenvalue weighted by Crippen LogP contribution is -2.20. The summed E-state index contributed by atoms with van der Waals surface area (Å²) in [5, 5.41) is 0. The van der Waals surface area contributed by atoms with Crippen LogP contribution in [-0.4, -0.2) is 11.6 Å². The topological polar surface area (TPSA) is 48.1 Å². The van der Waals surface area contributed by atoms with E-state index in [1.54, 1.807) is 12.4 Å². The summed E-state index contributed by atoms with van der Waals surface area (Å²) < 4.78 is 5.35. The molecule has 0 amide bonds. The fraction of sp³-hybridized carbons (Fsp3) is 0.375. The molecule has 0 saturated heterocycles. The fourth-order valence-electron chi connectivity index (χ4n) is 1.27. The lowest BCUT2D eigenvalue weighted by atomic mass is 10.0. The van der Waals surface area contributed by atoms with Gasteiger partial charge >= 0.3 is 0 Å². The smallest absolute Gasteiger partial charge is 0.142 e. The van der Waals surface area contributed by atoms with E-state index in [2.05, 4.69) is 4.98 Å². The standard InChI is InChI=1S/C8H10N2O/c9-7-2-4-11-8-5-10-3-1-6(7)8/h1,3,5,7H,2,4,9H2. The van der Waals surface area contributed by atoms with Gasteiger partial charge in [0, 0.05) is 24.2 Å². The number of hydrogen-bond acceptors (Lipinski definition) is 3. The van der Waals surface area contributed by atoms with Crippen LogP contribution in [0.3, 0.4) is 0 Å². The molecule has 1 unspecified atom stereocenters. The predicted molar refractivity (Wildman–Crippen MR) is 41.3 cm³/mol. The van der Waals surface area contributed by atoms with Crippen molar-refractivity contribution in [2.75, 3.05) is 6.61 Å². The van der Waals surface area contributed by atoms with Gasteiger partial charge in [-0.25, -0.2) is 0 Å². The van der Waals surface area contributed by atoms with Gasteiger partial charge in [0.05, 0.1) is 12.8 Å². The molecule has 1 aromatic rings. The van der Waals surface area contributed by atoms with E-state index in [-0.39, 0.29) is 6.04 Å². The highest BCUT2D eigenvalue weighted by atomic mass is 16.5. The molecule has 1 aliphatic heterocycles. The SMILES string of the molecule is NC1CCOc2cnccc21. The minimum Gasteiger partial charge on any atom is -0.492 e. The van der Waals surface area contributed by atoms with Gasteiger partial charge < -0.3 is 10.5 Å². The Bertz CT molecular complexity index is 262. The van der Waals surface area contributed by atoms with Crippen molar-refractivity contribution in [3.8, 4) is 5.75 Å². The highest BCUT2D eigenvalue weighted by Crippen LogP contribution is 2.28. The Morgan fingerprint density at radius 2 is 2.55 bits per heavy atom. The zero-order valence-electron chi connectivity index (χ0n) is 6.16. The van der Waals surface area contributed by atoms with Gasteiger partial charge in [0.15, 0.2) is 0 Å². The Balaban J connectivity index is 2.44. The molecule has 2 heterocycles. The minimum atomic E-state index is 0.127. The molecule has 0 spiro atoms. The molecular weight excluding hydrogens is 140 g/mol. The first-order chi connectivity index (χ1) is 5.38. The van der Waals surface area contributed by atoms with Gasteiger partial charge in [-0.3, -0.25) is 4.98 Å². The fourth-order valence-corrected chi connectivity index (χ4v) is 1.27. The monoisotopic (exact) mass is 150 g/mol. The summed E-state index contributed by atoms with van der Waals surface area (Å²) in [6.07, 6.45) is 4.36. The second kappa shape index (κ2) is 2.51. The Hall–Kier alpha value is -1.09. The van der Waals surface area contributed by atoms with Gasteiger partial charge in [-0.2, -0.15) is 0 Å². The van der Waals surface area contributed by atoms with Crippen molar-refractivity contribution in [2.24, 2.45) is 5.73 Å². The molecule has 1 aromatic heterocycles. The second-order valence-corrected chi connectivity index (χ2v) is 2.66. The number of ether oxygens (including phenoxy) is 1. The van der Waals surface area contributed by atoms with E-state index in [9.17, 15) is 0 Å². The van der Waals surface area contributed by atoms with Crippen molar-refractivity contribution in [1.82, 2.24) is 4.98 Å². The average Bonchev–Trinajstić information content (AvgIpc) is 2.06. The molecule has 0 saturated carbocycles. The number of nitrogens with zero attached hydrogens (tertiary/aromatic N) is 1. The molecule has 3 nitrogen and oxygen atoms in total. The summed E-state index contributed by atoms with van der Waals surface area (Å²) in [5.41, 5.74) is 6.91. The van der Waals surface area contributed by atoms with E-state index >= 15 is 0 Å². The Morgan fingerprint density at radius 3 is 3.36 bits per heavy atom. The molecule has 1 aliphatic rings. The molecule has 0 fully saturated rings. The molecule has 11 heavy (non-hydrogen) atoms. The summed E-state index contributed by atoms with van der Waals surface area (Å²) in [5.74, 6) is 0.839. The Morgan fingerprint density at radius 1 is 1.64 bits per heavy atom. The Kier molecular flexibility index (Phi) is 1.51. The molecule has 0 aromatic carbocycles. The van der Waals surface area contributed by atoms with Crippen LogP contribution in [0.15, 0.2) is 18.5 Å². The molecular formula is C8H10N2O. The van der Waals surface area contributed by atoms with Crippen molar-refractivity contribution in [3.05, 3.63) is 24.0 Å². The normalized spacial score (nSPS) is 22.1. The van der Waals surface area contributed by atoms with Crippen molar-refractivity contribution in [1.29, 1.82) is 0 Å². The first-order valence-corrected chi connectivity index (χ1v) is 3.70. The summed E-state index contributed by atoms with van der Waals surface area (Å²) in [6.45, 7) is 0.708. The zero-order valence-corrected chi connectivity index (χ0v) is 6.16. The number of rotatable bonds is 0. The average molecular weight is 150 g/mol. The molecule has 0 aliphatic carbocycles. The van der Waals surface area contributed by atoms with E-state index < -0.39 is 0 Å². The quantitative estimate of drug-likeness (QED) is 0.596. The zero-order chi connectivity index (χ0) is 7.68. The maximum Gasteiger partial charge on any atom is 0.142 e. The maximum absolute atomic E-state index is 5.84. The molecule has 3 heteroatoms.